The maximum Gasteiger partial charge on any atom is 0.123 e. The number of nitrogens with one attached hydrogen (secondary N) is 1. The Hall–Kier alpha value is -1.83. The van der Waals surface area contributed by atoms with Gasteiger partial charge in [-0.2, -0.15) is 0 Å². The lowest BCUT2D eigenvalue weighted by molar-refractivity contribution is 0.628. The molecule has 1 N–H and O–H groups in total. The van der Waals surface area contributed by atoms with E-state index in [0.29, 0.717) is 0 Å². The molecule has 2 aromatic carbocycles. The predicted molar refractivity (Wildman–Crippen MR) is 64.9 cm³/mol. The molecule has 0 saturated heterocycles. The molecule has 0 unspecified atom stereocenters. The first-order valence-corrected chi connectivity index (χ1v) is 5.33. The number of hydrogen-bond acceptors (Lipinski definition) is 1. The molecule has 16 heavy (non-hydrogen) atoms. The van der Waals surface area contributed by atoms with Gasteiger partial charge in [-0.05, 0) is 36.8 Å². The zero-order chi connectivity index (χ0) is 11.4. The molecule has 0 bridgehead atoms. The zero-order valence-electron chi connectivity index (χ0n) is 9.15. The van der Waals surface area contributed by atoms with Crippen LogP contribution in [0.3, 0.4) is 0 Å². The van der Waals surface area contributed by atoms with Crippen LogP contribution in [0.25, 0.3) is 0 Å². The van der Waals surface area contributed by atoms with Crippen molar-refractivity contribution >= 4 is 5.69 Å². The summed E-state index contributed by atoms with van der Waals surface area (Å²) in [5.74, 6) is -0.210. The molecule has 0 aliphatic heterocycles. The Kier molecular flexibility index (Phi) is 3.20. The Morgan fingerprint density at radius 2 is 1.56 bits per heavy atom. The number of rotatable bonds is 3. The third-order valence-corrected chi connectivity index (χ3v) is 2.53. The van der Waals surface area contributed by atoms with Gasteiger partial charge in [-0.1, -0.05) is 30.3 Å². The van der Waals surface area contributed by atoms with E-state index in [1.54, 1.807) is 12.1 Å². The van der Waals surface area contributed by atoms with E-state index < -0.39 is 0 Å². The monoisotopic (exact) mass is 215 g/mol. The van der Waals surface area contributed by atoms with Gasteiger partial charge in [-0.25, -0.2) is 4.39 Å². The fourth-order valence-corrected chi connectivity index (χ4v) is 1.62. The second-order valence-corrected chi connectivity index (χ2v) is 3.78. The maximum absolute atomic E-state index is 12.7. The first-order chi connectivity index (χ1) is 7.75. The van der Waals surface area contributed by atoms with Gasteiger partial charge in [0.05, 0.1) is 0 Å². The lowest BCUT2D eigenvalue weighted by Gasteiger charge is -2.15. The predicted octanol–water partition coefficient (Wildman–Crippen LogP) is 4.00. The van der Waals surface area contributed by atoms with E-state index in [9.17, 15) is 4.39 Å². The molecule has 82 valence electrons. The molecule has 0 heterocycles. The molecule has 0 radical (unpaired) electrons. The van der Waals surface area contributed by atoms with Crippen LogP contribution in [0.5, 0.6) is 0 Å². The highest BCUT2D eigenvalue weighted by atomic mass is 19.1. The number of anilines is 1. The molecule has 0 saturated carbocycles. The summed E-state index contributed by atoms with van der Waals surface area (Å²) in [6.07, 6.45) is 0. The van der Waals surface area contributed by atoms with Crippen LogP contribution in [0.15, 0.2) is 54.6 Å². The summed E-state index contributed by atoms with van der Waals surface area (Å²) in [6, 6.07) is 16.8. The van der Waals surface area contributed by atoms with Gasteiger partial charge in [0, 0.05) is 11.7 Å². The Bertz CT molecular complexity index is 436. The van der Waals surface area contributed by atoms with Crippen molar-refractivity contribution in [2.75, 3.05) is 5.32 Å². The van der Waals surface area contributed by atoms with Crippen molar-refractivity contribution in [1.82, 2.24) is 0 Å². The SMILES string of the molecule is C[C@@H](Nc1ccc(F)cc1)c1ccccc1. The van der Waals surface area contributed by atoms with Crippen molar-refractivity contribution in [2.45, 2.75) is 13.0 Å². The minimum Gasteiger partial charge on any atom is -0.379 e. The molecule has 1 atom stereocenters. The Morgan fingerprint density at radius 1 is 0.938 bits per heavy atom. The molecule has 0 spiro atoms. The van der Waals surface area contributed by atoms with Crippen LogP contribution in [0, 0.1) is 5.82 Å². The molecule has 0 aliphatic carbocycles. The normalized spacial score (nSPS) is 12.1. The van der Waals surface area contributed by atoms with Gasteiger partial charge >= 0.3 is 0 Å². The van der Waals surface area contributed by atoms with E-state index >= 15 is 0 Å². The van der Waals surface area contributed by atoms with Crippen molar-refractivity contribution in [3.05, 3.63) is 66.0 Å². The van der Waals surface area contributed by atoms with Gasteiger partial charge in [0.25, 0.3) is 0 Å². The first-order valence-electron chi connectivity index (χ1n) is 5.33. The lowest BCUT2D eigenvalue weighted by atomic mass is 10.1. The average molecular weight is 215 g/mol. The van der Waals surface area contributed by atoms with E-state index in [1.165, 1.54) is 17.7 Å². The third kappa shape index (κ3) is 2.60. The van der Waals surface area contributed by atoms with E-state index in [0.717, 1.165) is 5.69 Å². The van der Waals surface area contributed by atoms with E-state index in [1.807, 2.05) is 18.2 Å². The Morgan fingerprint density at radius 3 is 2.19 bits per heavy atom. The Labute approximate surface area is 94.9 Å². The van der Waals surface area contributed by atoms with Crippen LogP contribution in [0.1, 0.15) is 18.5 Å². The molecule has 0 aliphatic rings. The van der Waals surface area contributed by atoms with Gasteiger partial charge in [0.2, 0.25) is 0 Å². The highest BCUT2D eigenvalue weighted by molar-refractivity contribution is 5.45. The number of halogens is 1. The fourth-order valence-electron chi connectivity index (χ4n) is 1.62. The highest BCUT2D eigenvalue weighted by Gasteiger charge is 2.03. The van der Waals surface area contributed by atoms with Crippen LogP contribution < -0.4 is 5.32 Å². The summed E-state index contributed by atoms with van der Waals surface area (Å²) in [7, 11) is 0. The highest BCUT2D eigenvalue weighted by Crippen LogP contribution is 2.18. The molecule has 2 rings (SSSR count). The molecular formula is C14H14FN. The van der Waals surface area contributed by atoms with E-state index in [4.69, 9.17) is 0 Å². The summed E-state index contributed by atoms with van der Waals surface area (Å²) in [5.41, 5.74) is 2.14. The van der Waals surface area contributed by atoms with Gasteiger partial charge in [0.1, 0.15) is 5.82 Å². The van der Waals surface area contributed by atoms with Crippen molar-refractivity contribution in [1.29, 1.82) is 0 Å². The molecule has 1 nitrogen and oxygen atoms in total. The first kappa shape index (κ1) is 10.7. The molecule has 0 fully saturated rings. The van der Waals surface area contributed by atoms with Crippen LogP contribution in [-0.2, 0) is 0 Å². The van der Waals surface area contributed by atoms with Crippen LogP contribution in [0.4, 0.5) is 10.1 Å². The van der Waals surface area contributed by atoms with Gasteiger partial charge in [-0.3, -0.25) is 0 Å². The maximum atomic E-state index is 12.7. The second-order valence-electron chi connectivity index (χ2n) is 3.78. The van der Waals surface area contributed by atoms with Crippen molar-refractivity contribution in [2.24, 2.45) is 0 Å². The molecule has 0 aromatic heterocycles. The molecular weight excluding hydrogens is 201 g/mol. The van der Waals surface area contributed by atoms with Gasteiger partial charge < -0.3 is 5.32 Å². The summed E-state index contributed by atoms with van der Waals surface area (Å²) in [6.45, 7) is 2.08. The van der Waals surface area contributed by atoms with Gasteiger partial charge in [0.15, 0.2) is 0 Å². The van der Waals surface area contributed by atoms with Crippen LogP contribution in [0.2, 0.25) is 0 Å². The lowest BCUT2D eigenvalue weighted by Crippen LogP contribution is -2.06. The van der Waals surface area contributed by atoms with Crippen molar-refractivity contribution < 1.29 is 4.39 Å². The molecule has 2 aromatic rings. The van der Waals surface area contributed by atoms with Crippen molar-refractivity contribution in [3.8, 4) is 0 Å². The topological polar surface area (TPSA) is 12.0 Å². The van der Waals surface area contributed by atoms with Gasteiger partial charge in [-0.15, -0.1) is 0 Å². The summed E-state index contributed by atoms with van der Waals surface area (Å²) >= 11 is 0. The zero-order valence-corrected chi connectivity index (χ0v) is 9.15. The largest absolute Gasteiger partial charge is 0.379 e. The Balaban J connectivity index is 2.08. The van der Waals surface area contributed by atoms with Crippen LogP contribution >= 0.6 is 0 Å². The minimum atomic E-state index is -0.210. The summed E-state index contributed by atoms with van der Waals surface area (Å²) in [5, 5.41) is 3.32. The minimum absolute atomic E-state index is 0.210. The fraction of sp³-hybridized carbons (Fsp3) is 0.143. The van der Waals surface area contributed by atoms with Crippen LogP contribution in [-0.4, -0.2) is 0 Å². The van der Waals surface area contributed by atoms with Crippen molar-refractivity contribution in [3.63, 3.8) is 0 Å². The number of benzene rings is 2. The summed E-state index contributed by atoms with van der Waals surface area (Å²) < 4.78 is 12.7. The van der Waals surface area contributed by atoms with E-state index in [2.05, 4.69) is 24.4 Å². The third-order valence-electron chi connectivity index (χ3n) is 2.53. The quantitative estimate of drug-likeness (QED) is 0.816. The second kappa shape index (κ2) is 4.79. The van der Waals surface area contributed by atoms with E-state index in [-0.39, 0.29) is 11.9 Å². The molecule has 2 heteroatoms. The number of hydrogen-bond donors (Lipinski definition) is 1. The standard InChI is InChI=1S/C14H14FN/c1-11(12-5-3-2-4-6-12)16-14-9-7-13(15)8-10-14/h2-11,16H,1H3/t11-/m1/s1. The average Bonchev–Trinajstić information content (AvgIpc) is 2.33. The molecule has 0 amide bonds. The summed E-state index contributed by atoms with van der Waals surface area (Å²) in [4.78, 5) is 0. The smallest absolute Gasteiger partial charge is 0.123 e.